The number of aromatic nitrogens is 3. The molecular formula is C31H28F3N5O3S2. The second kappa shape index (κ2) is 11.7. The molecule has 0 bridgehead atoms. The summed E-state index contributed by atoms with van der Waals surface area (Å²) in [6.45, 7) is 3.74. The molecule has 1 aliphatic rings. The fourth-order valence-corrected chi connectivity index (χ4v) is 7.49. The zero-order chi connectivity index (χ0) is 31.2. The first-order valence-corrected chi connectivity index (χ1v) is 16.3. The Bertz CT molecular complexity index is 1990. The molecular weight excluding hydrogens is 612 g/mol. The lowest BCUT2D eigenvalue weighted by molar-refractivity contribution is 0.0926. The highest BCUT2D eigenvalue weighted by atomic mass is 32.2. The molecule has 6 rings (SSSR count). The summed E-state index contributed by atoms with van der Waals surface area (Å²) in [6, 6.07) is 9.22. The molecule has 8 nitrogen and oxygen atoms in total. The molecule has 228 valence electrons. The molecule has 13 heteroatoms. The Balaban J connectivity index is 1.32. The summed E-state index contributed by atoms with van der Waals surface area (Å²) in [5.41, 5.74) is 0.881. The van der Waals surface area contributed by atoms with Crippen molar-refractivity contribution < 1.29 is 26.4 Å². The molecule has 0 saturated heterocycles. The minimum Gasteiger partial charge on any atom is -0.365 e. The van der Waals surface area contributed by atoms with Crippen LogP contribution in [0.5, 0.6) is 0 Å². The highest BCUT2D eigenvalue weighted by Gasteiger charge is 2.28. The zero-order valence-corrected chi connectivity index (χ0v) is 25.4. The van der Waals surface area contributed by atoms with E-state index < -0.39 is 27.5 Å². The van der Waals surface area contributed by atoms with Gasteiger partial charge in [0.15, 0.2) is 23.1 Å². The maximum atomic E-state index is 15.3. The maximum Gasteiger partial charge on any atom is 0.269 e. The van der Waals surface area contributed by atoms with E-state index >= 15 is 8.78 Å². The highest BCUT2D eigenvalue weighted by molar-refractivity contribution is 7.90. The number of pyridine rings is 2. The number of benzene rings is 1. The molecule has 4 heterocycles. The van der Waals surface area contributed by atoms with Crippen LogP contribution in [0.4, 0.5) is 19.0 Å². The lowest BCUT2D eigenvalue weighted by atomic mass is 9.90. The topological polar surface area (TPSA) is 106 Å². The van der Waals surface area contributed by atoms with Gasteiger partial charge in [0.2, 0.25) is 0 Å². The van der Waals surface area contributed by atoms with Crippen LogP contribution in [0.1, 0.15) is 46.5 Å². The van der Waals surface area contributed by atoms with Crippen LogP contribution < -0.4 is 10.6 Å². The molecule has 1 aliphatic carbocycles. The van der Waals surface area contributed by atoms with E-state index in [1.807, 2.05) is 19.9 Å². The van der Waals surface area contributed by atoms with Crippen molar-refractivity contribution in [2.75, 3.05) is 5.32 Å². The number of anilines is 1. The molecule has 44 heavy (non-hydrogen) atoms. The predicted octanol–water partition coefficient (Wildman–Crippen LogP) is 6.58. The van der Waals surface area contributed by atoms with Crippen molar-refractivity contribution in [3.63, 3.8) is 0 Å². The number of carbonyl (C=O) groups excluding carboxylic acids is 1. The lowest BCUT2D eigenvalue weighted by Gasteiger charge is -2.30. The predicted molar refractivity (Wildman–Crippen MR) is 163 cm³/mol. The first kappa shape index (κ1) is 29.8. The zero-order valence-electron chi connectivity index (χ0n) is 23.8. The van der Waals surface area contributed by atoms with Gasteiger partial charge in [0, 0.05) is 45.6 Å². The molecule has 1 aromatic carbocycles. The molecule has 4 aromatic heterocycles. The van der Waals surface area contributed by atoms with E-state index in [-0.39, 0.29) is 51.0 Å². The van der Waals surface area contributed by atoms with Crippen molar-refractivity contribution in [3.8, 4) is 11.3 Å². The largest absolute Gasteiger partial charge is 0.365 e. The summed E-state index contributed by atoms with van der Waals surface area (Å²) in [6.07, 6.45) is 4.67. The molecule has 2 atom stereocenters. The van der Waals surface area contributed by atoms with Gasteiger partial charge in [0.1, 0.15) is 11.5 Å². The summed E-state index contributed by atoms with van der Waals surface area (Å²) < 4.78 is 72.7. The van der Waals surface area contributed by atoms with E-state index in [2.05, 4.69) is 20.6 Å². The van der Waals surface area contributed by atoms with E-state index in [1.165, 1.54) is 23.5 Å². The molecule has 1 amide bonds. The third-order valence-corrected chi connectivity index (χ3v) is 10.2. The Morgan fingerprint density at radius 3 is 2.50 bits per heavy atom. The Kier molecular flexibility index (Phi) is 7.93. The smallest absolute Gasteiger partial charge is 0.269 e. The second-order valence-corrected chi connectivity index (χ2v) is 13.9. The summed E-state index contributed by atoms with van der Waals surface area (Å²) >= 11 is 1.49. The van der Waals surface area contributed by atoms with Crippen LogP contribution >= 0.6 is 11.3 Å². The fraction of sp³-hybridized carbons (Fsp3) is 0.258. The van der Waals surface area contributed by atoms with Crippen molar-refractivity contribution in [1.29, 1.82) is 0 Å². The van der Waals surface area contributed by atoms with Crippen LogP contribution in [-0.4, -0.2) is 40.3 Å². The summed E-state index contributed by atoms with van der Waals surface area (Å²) in [4.78, 5) is 21.9. The Morgan fingerprint density at radius 2 is 1.77 bits per heavy atom. The van der Waals surface area contributed by atoms with Crippen molar-refractivity contribution >= 4 is 44.1 Å². The minimum atomic E-state index is -4.21. The summed E-state index contributed by atoms with van der Waals surface area (Å²) in [5, 5.41) is 7.87. The van der Waals surface area contributed by atoms with Crippen LogP contribution in [0.3, 0.4) is 0 Å². The number of carbonyl (C=O) groups is 1. The number of nitrogens with zero attached hydrogens (tertiary/aromatic N) is 3. The van der Waals surface area contributed by atoms with Crippen molar-refractivity contribution in [3.05, 3.63) is 93.7 Å². The molecule has 0 spiro atoms. The van der Waals surface area contributed by atoms with Gasteiger partial charge < -0.3 is 10.6 Å². The molecule has 1 fully saturated rings. The number of amides is 1. The number of hydrogen-bond acceptors (Lipinski definition) is 7. The monoisotopic (exact) mass is 639 g/mol. The number of aryl methyl sites for hydroxylation is 2. The number of halogens is 3. The van der Waals surface area contributed by atoms with Gasteiger partial charge in [0.05, 0.1) is 16.7 Å². The van der Waals surface area contributed by atoms with Crippen molar-refractivity contribution in [2.24, 2.45) is 0 Å². The van der Waals surface area contributed by atoms with Crippen molar-refractivity contribution in [2.45, 2.75) is 56.5 Å². The number of nitrogens with one attached hydrogen (secondary N) is 2. The average molecular weight is 640 g/mol. The first-order chi connectivity index (χ1) is 21.0. The van der Waals surface area contributed by atoms with Crippen LogP contribution in [-0.2, 0) is 10.0 Å². The normalized spacial score (nSPS) is 17.1. The first-order valence-electron chi connectivity index (χ1n) is 14.0. The van der Waals surface area contributed by atoms with Gasteiger partial charge in [-0.2, -0.15) is 0 Å². The number of fused-ring (bicyclic) bond motifs is 1. The quantitative estimate of drug-likeness (QED) is 0.208. The molecule has 0 aliphatic heterocycles. The number of rotatable bonds is 7. The molecule has 0 radical (unpaired) electrons. The van der Waals surface area contributed by atoms with E-state index in [0.717, 1.165) is 45.7 Å². The summed E-state index contributed by atoms with van der Waals surface area (Å²) in [7, 11) is -4.21. The summed E-state index contributed by atoms with van der Waals surface area (Å²) in [5.74, 6) is -3.17. The number of hydrogen-bond donors (Lipinski definition) is 2. The van der Waals surface area contributed by atoms with E-state index in [9.17, 15) is 17.6 Å². The fourth-order valence-electron chi connectivity index (χ4n) is 5.48. The van der Waals surface area contributed by atoms with Gasteiger partial charge in [-0.15, -0.1) is 11.3 Å². The van der Waals surface area contributed by atoms with Gasteiger partial charge in [-0.3, -0.25) is 4.79 Å². The molecule has 5 aromatic rings. The van der Waals surface area contributed by atoms with Gasteiger partial charge in [0.25, 0.3) is 15.9 Å². The SMILES string of the molecule is Cc1ccc(S(=O)(=O)n2cc(-c3nc(NC4CCC[C@@H](NC(=O)c5csc(C)c5)C4)c(F)cc3F)c3cc(F)cnc32)cc1. The maximum absolute atomic E-state index is 15.3. The van der Waals surface area contributed by atoms with E-state index in [0.29, 0.717) is 24.5 Å². The Hall–Kier alpha value is -4.23. The standard InChI is InChI=1S/C31H28F3N5O3S2/c1-17-6-8-23(9-7-17)44(41,42)39-15-25(24-11-20(32)14-35-30(24)39)28-26(33)13-27(34)29(38-28)36-21-4-3-5-22(12-21)37-31(40)19-10-18(2)43-16-19/h6-11,13-16,21-22H,3-5,12H2,1-2H3,(H,36,38)(H,37,40)/t21?,22-/m1/s1. The van der Waals surface area contributed by atoms with Gasteiger partial charge in [-0.1, -0.05) is 17.7 Å². The Labute approximate surface area is 256 Å². The van der Waals surface area contributed by atoms with Crippen LogP contribution in [0.25, 0.3) is 22.3 Å². The molecule has 2 N–H and O–H groups in total. The van der Waals surface area contributed by atoms with Crippen LogP contribution in [0, 0.1) is 31.3 Å². The van der Waals surface area contributed by atoms with Crippen LogP contribution in [0.15, 0.2) is 65.1 Å². The van der Waals surface area contributed by atoms with Gasteiger partial charge in [-0.05, 0) is 63.8 Å². The Morgan fingerprint density at radius 1 is 1.02 bits per heavy atom. The lowest BCUT2D eigenvalue weighted by Crippen LogP contribution is -2.41. The molecule has 1 unspecified atom stereocenters. The van der Waals surface area contributed by atoms with Crippen LogP contribution in [0.2, 0.25) is 0 Å². The van der Waals surface area contributed by atoms with Crippen molar-refractivity contribution in [1.82, 2.24) is 19.3 Å². The second-order valence-electron chi connectivity index (χ2n) is 11.0. The van der Waals surface area contributed by atoms with E-state index in [4.69, 9.17) is 0 Å². The molecule has 1 saturated carbocycles. The third-order valence-electron chi connectivity index (χ3n) is 7.68. The van der Waals surface area contributed by atoms with Gasteiger partial charge >= 0.3 is 0 Å². The third kappa shape index (κ3) is 5.81. The van der Waals surface area contributed by atoms with E-state index in [1.54, 1.807) is 17.5 Å². The average Bonchev–Trinajstić information content (AvgIpc) is 3.59. The number of thiophene rings is 1. The minimum absolute atomic E-state index is 0.00578. The van der Waals surface area contributed by atoms with Gasteiger partial charge in [-0.25, -0.2) is 35.5 Å². The highest BCUT2D eigenvalue weighted by Crippen LogP contribution is 2.35.